The molecule has 1 fully saturated rings. The summed E-state index contributed by atoms with van der Waals surface area (Å²) in [5.41, 5.74) is 1.91. The number of anilines is 2. The van der Waals surface area contributed by atoms with Crippen LogP contribution in [0.4, 0.5) is 11.4 Å². The van der Waals surface area contributed by atoms with Crippen molar-refractivity contribution in [2.45, 2.75) is 12.8 Å². The Bertz CT molecular complexity index is 1140. The first-order chi connectivity index (χ1) is 15.0. The zero-order valence-corrected chi connectivity index (χ0v) is 18.1. The summed E-state index contributed by atoms with van der Waals surface area (Å²) in [4.78, 5) is 39.4. The molecule has 1 aliphatic heterocycles. The van der Waals surface area contributed by atoms with Crippen LogP contribution in [0.2, 0.25) is 0 Å². The topological polar surface area (TPSA) is 91.7 Å². The monoisotopic (exact) mass is 481 g/mol. The Hall–Kier alpha value is -3.39. The molecule has 1 aliphatic rings. The van der Waals surface area contributed by atoms with Gasteiger partial charge in [0.25, 0.3) is 17.7 Å². The molecule has 0 unspecified atom stereocenters. The Kier molecular flexibility index (Phi) is 6.18. The van der Waals surface area contributed by atoms with Crippen molar-refractivity contribution in [1.82, 2.24) is 4.90 Å². The van der Waals surface area contributed by atoms with Crippen LogP contribution in [0.3, 0.4) is 0 Å². The molecule has 1 saturated heterocycles. The molecule has 2 N–H and O–H groups in total. The van der Waals surface area contributed by atoms with E-state index in [1.807, 2.05) is 4.90 Å². The standard InChI is InChI=1S/C23H20BrN3O4/c24-20-10-9-19(31-20)22(29)26-17-7-3-5-15(13-17)21(28)25-18-8-4-6-16(14-18)23(30)27-11-1-2-12-27/h3-10,13-14H,1-2,11-12H2,(H,25,28)(H,26,29). The highest BCUT2D eigenvalue weighted by Crippen LogP contribution is 2.19. The number of likely N-dealkylation sites (tertiary alicyclic amines) is 1. The number of benzene rings is 2. The minimum Gasteiger partial charge on any atom is -0.444 e. The summed E-state index contributed by atoms with van der Waals surface area (Å²) in [6.45, 7) is 1.53. The largest absolute Gasteiger partial charge is 0.444 e. The normalized spacial score (nSPS) is 13.1. The van der Waals surface area contributed by atoms with E-state index in [0.717, 1.165) is 25.9 Å². The van der Waals surface area contributed by atoms with Crippen molar-refractivity contribution in [3.8, 4) is 0 Å². The van der Waals surface area contributed by atoms with Crippen molar-refractivity contribution >= 4 is 45.0 Å². The average Bonchev–Trinajstić information content (AvgIpc) is 3.46. The molecule has 31 heavy (non-hydrogen) atoms. The Labute approximate surface area is 187 Å². The van der Waals surface area contributed by atoms with Crippen molar-refractivity contribution in [2.75, 3.05) is 23.7 Å². The summed E-state index contributed by atoms with van der Waals surface area (Å²) < 4.78 is 5.69. The lowest BCUT2D eigenvalue weighted by molar-refractivity contribution is 0.0792. The van der Waals surface area contributed by atoms with E-state index in [1.54, 1.807) is 60.7 Å². The van der Waals surface area contributed by atoms with E-state index in [4.69, 9.17) is 4.42 Å². The van der Waals surface area contributed by atoms with Crippen molar-refractivity contribution in [3.05, 3.63) is 82.2 Å². The molecule has 0 saturated carbocycles. The quantitative estimate of drug-likeness (QED) is 0.548. The van der Waals surface area contributed by atoms with Gasteiger partial charge in [-0.1, -0.05) is 12.1 Å². The number of nitrogens with one attached hydrogen (secondary N) is 2. The fraction of sp³-hybridized carbons (Fsp3) is 0.174. The molecule has 0 radical (unpaired) electrons. The third kappa shape index (κ3) is 5.03. The minimum atomic E-state index is -0.420. The maximum absolute atomic E-state index is 12.7. The third-order valence-electron chi connectivity index (χ3n) is 4.94. The molecule has 0 spiro atoms. The Balaban J connectivity index is 1.44. The molecule has 4 rings (SSSR count). The van der Waals surface area contributed by atoms with Gasteiger partial charge in [0.2, 0.25) is 0 Å². The molecule has 8 heteroatoms. The summed E-state index contributed by atoms with van der Waals surface area (Å²) >= 11 is 3.16. The Morgan fingerprint density at radius 2 is 1.42 bits per heavy atom. The van der Waals surface area contributed by atoms with Crippen LogP contribution in [0.15, 0.2) is 69.8 Å². The summed E-state index contributed by atoms with van der Waals surface area (Å²) in [5, 5.41) is 5.51. The molecule has 3 aromatic rings. The molecule has 1 aromatic heterocycles. The van der Waals surface area contributed by atoms with Crippen molar-refractivity contribution < 1.29 is 18.8 Å². The number of hydrogen-bond acceptors (Lipinski definition) is 4. The highest BCUT2D eigenvalue weighted by atomic mass is 79.9. The van der Waals surface area contributed by atoms with E-state index < -0.39 is 5.91 Å². The van der Waals surface area contributed by atoms with E-state index in [9.17, 15) is 14.4 Å². The van der Waals surface area contributed by atoms with Gasteiger partial charge in [-0.3, -0.25) is 14.4 Å². The minimum absolute atomic E-state index is 0.0251. The van der Waals surface area contributed by atoms with Crippen LogP contribution in [0.25, 0.3) is 0 Å². The maximum Gasteiger partial charge on any atom is 0.291 e. The summed E-state index contributed by atoms with van der Waals surface area (Å²) in [6, 6.07) is 16.7. The smallest absolute Gasteiger partial charge is 0.291 e. The first kappa shape index (κ1) is 20.9. The molecule has 0 bridgehead atoms. The van der Waals surface area contributed by atoms with Gasteiger partial charge in [0.1, 0.15) is 0 Å². The van der Waals surface area contributed by atoms with Crippen LogP contribution in [0, 0.1) is 0 Å². The SMILES string of the molecule is O=C(Nc1cccc(C(=O)N2CCCC2)c1)c1cccc(NC(=O)c2ccc(Br)o2)c1. The highest BCUT2D eigenvalue weighted by molar-refractivity contribution is 9.10. The zero-order chi connectivity index (χ0) is 21.8. The van der Waals surface area contributed by atoms with Gasteiger partial charge in [-0.2, -0.15) is 0 Å². The number of nitrogens with zero attached hydrogens (tertiary/aromatic N) is 1. The number of carbonyl (C=O) groups excluding carboxylic acids is 3. The van der Waals surface area contributed by atoms with Crippen LogP contribution < -0.4 is 10.6 Å². The summed E-state index contributed by atoms with van der Waals surface area (Å²) in [6.07, 6.45) is 2.04. The van der Waals surface area contributed by atoms with Crippen LogP contribution in [-0.4, -0.2) is 35.7 Å². The molecular weight excluding hydrogens is 462 g/mol. The fourth-order valence-electron chi connectivity index (χ4n) is 3.40. The van der Waals surface area contributed by atoms with Gasteiger partial charge >= 0.3 is 0 Å². The Morgan fingerprint density at radius 1 is 0.806 bits per heavy atom. The first-order valence-corrected chi connectivity index (χ1v) is 10.7. The number of hydrogen-bond donors (Lipinski definition) is 2. The van der Waals surface area contributed by atoms with Gasteiger partial charge < -0.3 is 20.0 Å². The van der Waals surface area contributed by atoms with Gasteiger partial charge in [0.05, 0.1) is 0 Å². The second-order valence-corrected chi connectivity index (χ2v) is 7.95. The third-order valence-corrected chi connectivity index (χ3v) is 5.37. The molecule has 2 aromatic carbocycles. The zero-order valence-electron chi connectivity index (χ0n) is 16.6. The average molecular weight is 482 g/mol. The Morgan fingerprint density at radius 3 is 2.06 bits per heavy atom. The van der Waals surface area contributed by atoms with Crippen molar-refractivity contribution in [1.29, 1.82) is 0 Å². The number of furan rings is 1. The summed E-state index contributed by atoms with van der Waals surface area (Å²) in [5.74, 6) is -0.636. The molecule has 3 amide bonds. The number of halogens is 1. The molecule has 0 atom stereocenters. The van der Waals surface area contributed by atoms with E-state index in [0.29, 0.717) is 27.2 Å². The van der Waals surface area contributed by atoms with Gasteiger partial charge in [0, 0.05) is 35.6 Å². The predicted molar refractivity (Wildman–Crippen MR) is 120 cm³/mol. The van der Waals surface area contributed by atoms with E-state index >= 15 is 0 Å². The highest BCUT2D eigenvalue weighted by Gasteiger charge is 2.20. The molecular formula is C23H20BrN3O4. The number of rotatable bonds is 5. The molecule has 2 heterocycles. The fourth-order valence-corrected chi connectivity index (χ4v) is 3.71. The molecule has 158 valence electrons. The molecule has 0 aliphatic carbocycles. The second-order valence-electron chi connectivity index (χ2n) is 7.17. The van der Waals surface area contributed by atoms with Gasteiger partial charge in [-0.05, 0) is 77.3 Å². The molecule has 7 nitrogen and oxygen atoms in total. The van der Waals surface area contributed by atoms with E-state index in [-0.39, 0.29) is 17.6 Å². The number of carbonyl (C=O) groups is 3. The van der Waals surface area contributed by atoms with Crippen LogP contribution in [-0.2, 0) is 0 Å². The predicted octanol–water partition coefficient (Wildman–Crippen LogP) is 4.78. The van der Waals surface area contributed by atoms with Gasteiger partial charge in [0.15, 0.2) is 10.4 Å². The maximum atomic E-state index is 12.7. The van der Waals surface area contributed by atoms with E-state index in [2.05, 4.69) is 26.6 Å². The van der Waals surface area contributed by atoms with Crippen LogP contribution in [0.1, 0.15) is 44.1 Å². The van der Waals surface area contributed by atoms with E-state index in [1.165, 1.54) is 0 Å². The lowest BCUT2D eigenvalue weighted by atomic mass is 10.1. The van der Waals surface area contributed by atoms with Crippen LogP contribution >= 0.6 is 15.9 Å². The lowest BCUT2D eigenvalue weighted by Gasteiger charge is -2.16. The first-order valence-electron chi connectivity index (χ1n) is 9.87. The van der Waals surface area contributed by atoms with Gasteiger partial charge in [-0.15, -0.1) is 0 Å². The summed E-state index contributed by atoms with van der Waals surface area (Å²) in [7, 11) is 0. The van der Waals surface area contributed by atoms with Gasteiger partial charge in [-0.25, -0.2) is 0 Å². The van der Waals surface area contributed by atoms with Crippen LogP contribution in [0.5, 0.6) is 0 Å². The van der Waals surface area contributed by atoms with Crippen molar-refractivity contribution in [2.24, 2.45) is 0 Å². The lowest BCUT2D eigenvalue weighted by Crippen LogP contribution is -2.27. The van der Waals surface area contributed by atoms with Crippen molar-refractivity contribution in [3.63, 3.8) is 0 Å². The number of amides is 3. The second kappa shape index (κ2) is 9.18.